The van der Waals surface area contributed by atoms with E-state index in [0.29, 0.717) is 30.0 Å². The fourth-order valence-electron chi connectivity index (χ4n) is 3.70. The molecule has 0 saturated carbocycles. The van der Waals surface area contributed by atoms with Crippen molar-refractivity contribution in [3.63, 3.8) is 0 Å². The second-order valence-corrected chi connectivity index (χ2v) is 9.79. The first-order valence-corrected chi connectivity index (χ1v) is 12.1. The predicted octanol–water partition coefficient (Wildman–Crippen LogP) is 2.99. The second-order valence-electron chi connectivity index (χ2n) is 7.56. The number of sulfone groups is 1. The van der Waals surface area contributed by atoms with E-state index in [1.54, 1.807) is 37.3 Å². The maximum absolute atomic E-state index is 13.9. The molecule has 1 aromatic carbocycles. The van der Waals surface area contributed by atoms with Gasteiger partial charge in [0.25, 0.3) is 5.91 Å². The summed E-state index contributed by atoms with van der Waals surface area (Å²) in [5, 5.41) is 0. The van der Waals surface area contributed by atoms with Gasteiger partial charge in [0.05, 0.1) is 23.5 Å². The number of ether oxygens (including phenoxy) is 1. The molecule has 168 valence electrons. The third-order valence-corrected chi connectivity index (χ3v) is 7.06. The van der Waals surface area contributed by atoms with E-state index >= 15 is 0 Å². The molecule has 31 heavy (non-hydrogen) atoms. The highest BCUT2D eigenvalue weighted by Crippen LogP contribution is 2.25. The van der Waals surface area contributed by atoms with Gasteiger partial charge in [-0.05, 0) is 44.5 Å². The SMILES string of the molecule is CCN(C(=O)[C@@H](C)OC(=O)CCc1ccc(-c2ccccc2F)o1)[C@H]1CCS(=O)(=O)C1. The molecule has 1 aliphatic heterocycles. The minimum absolute atomic E-state index is 0.00816. The van der Waals surface area contributed by atoms with Gasteiger partial charge in [-0.15, -0.1) is 0 Å². The van der Waals surface area contributed by atoms with Gasteiger partial charge in [0.1, 0.15) is 17.3 Å². The summed E-state index contributed by atoms with van der Waals surface area (Å²) in [6, 6.07) is 9.16. The second kappa shape index (κ2) is 9.64. The summed E-state index contributed by atoms with van der Waals surface area (Å²) in [4.78, 5) is 26.3. The van der Waals surface area contributed by atoms with E-state index in [-0.39, 0.29) is 30.4 Å². The lowest BCUT2D eigenvalue weighted by Crippen LogP contribution is -2.46. The highest BCUT2D eigenvalue weighted by Gasteiger charge is 2.36. The minimum atomic E-state index is -3.13. The molecule has 2 heterocycles. The summed E-state index contributed by atoms with van der Waals surface area (Å²) < 4.78 is 48.2. The number of halogens is 1. The van der Waals surface area contributed by atoms with Gasteiger partial charge in [0.2, 0.25) is 0 Å². The van der Waals surface area contributed by atoms with Crippen LogP contribution in [0.15, 0.2) is 40.8 Å². The highest BCUT2D eigenvalue weighted by molar-refractivity contribution is 7.91. The van der Waals surface area contributed by atoms with Crippen LogP contribution in [0, 0.1) is 5.82 Å². The van der Waals surface area contributed by atoms with Crippen LogP contribution in [-0.4, -0.2) is 55.4 Å². The number of carbonyl (C=O) groups excluding carboxylic acids is 2. The summed E-state index contributed by atoms with van der Waals surface area (Å²) in [6.45, 7) is 3.59. The van der Waals surface area contributed by atoms with E-state index in [4.69, 9.17) is 9.15 Å². The summed E-state index contributed by atoms with van der Waals surface area (Å²) >= 11 is 0. The predicted molar refractivity (Wildman–Crippen MR) is 112 cm³/mol. The van der Waals surface area contributed by atoms with Crippen LogP contribution in [0.1, 0.15) is 32.4 Å². The molecule has 2 aromatic rings. The lowest BCUT2D eigenvalue weighted by molar-refractivity contribution is -0.160. The zero-order valence-corrected chi connectivity index (χ0v) is 18.4. The van der Waals surface area contributed by atoms with Crippen LogP contribution in [-0.2, 0) is 30.6 Å². The third kappa shape index (κ3) is 5.72. The van der Waals surface area contributed by atoms with Crippen LogP contribution in [0.5, 0.6) is 0 Å². The normalized spacial score (nSPS) is 18.5. The maximum atomic E-state index is 13.9. The molecule has 0 unspecified atom stereocenters. The molecule has 0 N–H and O–H groups in total. The average Bonchev–Trinajstić information content (AvgIpc) is 3.33. The first kappa shape index (κ1) is 23.0. The molecule has 1 saturated heterocycles. The van der Waals surface area contributed by atoms with Gasteiger partial charge in [0, 0.05) is 19.0 Å². The van der Waals surface area contributed by atoms with Crippen molar-refractivity contribution >= 4 is 21.7 Å². The molecule has 7 nitrogen and oxygen atoms in total. The van der Waals surface area contributed by atoms with Crippen LogP contribution in [0.4, 0.5) is 4.39 Å². The highest BCUT2D eigenvalue weighted by atomic mass is 32.2. The standard InChI is InChI=1S/C22H26FNO6S/c1-3-24(16-12-13-31(27,28)14-16)22(26)15(2)29-21(25)11-9-17-8-10-20(30-17)18-6-4-5-7-19(18)23/h4-8,10,15-16H,3,9,11-14H2,1-2H3/t15-,16+/m1/s1. The fourth-order valence-corrected chi connectivity index (χ4v) is 5.43. The van der Waals surface area contributed by atoms with Crippen molar-refractivity contribution in [1.29, 1.82) is 0 Å². The van der Waals surface area contributed by atoms with Crippen LogP contribution in [0.3, 0.4) is 0 Å². The summed E-state index contributed by atoms with van der Waals surface area (Å²) in [5.74, 6) is -0.497. The summed E-state index contributed by atoms with van der Waals surface area (Å²) in [5.41, 5.74) is 0.337. The van der Waals surface area contributed by atoms with Crippen molar-refractivity contribution in [2.45, 2.75) is 45.3 Å². The molecular weight excluding hydrogens is 425 g/mol. The Kier molecular flexibility index (Phi) is 7.15. The average molecular weight is 452 g/mol. The van der Waals surface area contributed by atoms with E-state index in [1.165, 1.54) is 17.9 Å². The Balaban J connectivity index is 1.52. The zero-order valence-electron chi connectivity index (χ0n) is 17.5. The summed E-state index contributed by atoms with van der Waals surface area (Å²) in [7, 11) is -3.13. The maximum Gasteiger partial charge on any atom is 0.307 e. The number of furan rings is 1. The number of rotatable bonds is 8. The number of hydrogen-bond donors (Lipinski definition) is 0. The Morgan fingerprint density at radius 2 is 2.00 bits per heavy atom. The number of likely N-dealkylation sites (N-methyl/N-ethyl adjacent to an activating group) is 1. The van der Waals surface area contributed by atoms with Gasteiger partial charge < -0.3 is 14.1 Å². The molecular formula is C22H26FNO6S. The largest absolute Gasteiger partial charge is 0.461 e. The smallest absolute Gasteiger partial charge is 0.307 e. The van der Waals surface area contributed by atoms with Crippen molar-refractivity contribution in [2.24, 2.45) is 0 Å². The van der Waals surface area contributed by atoms with E-state index in [2.05, 4.69) is 0 Å². The van der Waals surface area contributed by atoms with Gasteiger partial charge in [-0.25, -0.2) is 12.8 Å². The van der Waals surface area contributed by atoms with Crippen LogP contribution >= 0.6 is 0 Å². The molecule has 0 bridgehead atoms. The molecule has 2 atom stereocenters. The van der Waals surface area contributed by atoms with Crippen molar-refractivity contribution in [3.8, 4) is 11.3 Å². The Labute approximate surface area is 181 Å². The molecule has 0 aliphatic carbocycles. The molecule has 9 heteroatoms. The molecule has 0 spiro atoms. The number of carbonyl (C=O) groups is 2. The van der Waals surface area contributed by atoms with Crippen molar-refractivity contribution in [1.82, 2.24) is 4.90 Å². The molecule has 1 aromatic heterocycles. The minimum Gasteiger partial charge on any atom is -0.461 e. The van der Waals surface area contributed by atoms with E-state index in [1.807, 2.05) is 0 Å². The van der Waals surface area contributed by atoms with Crippen LogP contribution in [0.2, 0.25) is 0 Å². The van der Waals surface area contributed by atoms with Crippen molar-refractivity contribution < 1.29 is 31.6 Å². The van der Waals surface area contributed by atoms with Gasteiger partial charge in [-0.3, -0.25) is 9.59 Å². The fraction of sp³-hybridized carbons (Fsp3) is 0.455. The Hall–Kier alpha value is -2.68. The zero-order chi connectivity index (χ0) is 22.6. The first-order chi connectivity index (χ1) is 14.7. The quantitative estimate of drug-likeness (QED) is 0.573. The number of hydrogen-bond acceptors (Lipinski definition) is 6. The molecule has 3 rings (SSSR count). The number of benzene rings is 1. The first-order valence-electron chi connectivity index (χ1n) is 10.2. The van der Waals surface area contributed by atoms with Gasteiger partial charge >= 0.3 is 5.97 Å². The van der Waals surface area contributed by atoms with E-state index in [9.17, 15) is 22.4 Å². The van der Waals surface area contributed by atoms with Gasteiger partial charge in [-0.2, -0.15) is 0 Å². The monoisotopic (exact) mass is 451 g/mol. The van der Waals surface area contributed by atoms with Crippen LogP contribution < -0.4 is 0 Å². The summed E-state index contributed by atoms with van der Waals surface area (Å²) in [6.07, 6.45) is -0.384. The third-order valence-electron chi connectivity index (χ3n) is 5.31. The van der Waals surface area contributed by atoms with Crippen LogP contribution in [0.25, 0.3) is 11.3 Å². The molecule has 1 aliphatic rings. The molecule has 1 fully saturated rings. The lowest BCUT2D eigenvalue weighted by atomic mass is 10.1. The topological polar surface area (TPSA) is 93.9 Å². The van der Waals surface area contributed by atoms with E-state index < -0.39 is 33.6 Å². The number of esters is 1. The molecule has 0 radical (unpaired) electrons. The van der Waals surface area contributed by atoms with Crippen molar-refractivity contribution in [2.75, 3.05) is 18.1 Å². The van der Waals surface area contributed by atoms with E-state index in [0.717, 1.165) is 0 Å². The Morgan fingerprint density at radius 1 is 1.26 bits per heavy atom. The van der Waals surface area contributed by atoms with Gasteiger partial charge in [-0.1, -0.05) is 12.1 Å². The lowest BCUT2D eigenvalue weighted by Gasteiger charge is -2.29. The van der Waals surface area contributed by atoms with Gasteiger partial charge in [0.15, 0.2) is 15.9 Å². The number of aryl methyl sites for hydroxylation is 1. The Morgan fingerprint density at radius 3 is 2.65 bits per heavy atom. The Bertz CT molecular complexity index is 1050. The van der Waals surface area contributed by atoms with Crippen molar-refractivity contribution in [3.05, 3.63) is 48.0 Å². The number of nitrogens with zero attached hydrogens (tertiary/aromatic N) is 1. The molecule has 1 amide bonds. The number of amides is 1.